The summed E-state index contributed by atoms with van der Waals surface area (Å²) in [6.45, 7) is 0.325. The summed E-state index contributed by atoms with van der Waals surface area (Å²) in [6.07, 6.45) is 0. The number of benzene rings is 2. The number of ether oxygens (including phenoxy) is 3. The first-order valence-corrected chi connectivity index (χ1v) is 8.87. The molecule has 0 aliphatic rings. The fraction of sp³-hybridized carbons (Fsp3) is 0.190. The van der Waals surface area contributed by atoms with Crippen molar-refractivity contribution in [3.05, 3.63) is 65.9 Å². The maximum atomic E-state index is 12.4. The lowest BCUT2D eigenvalue weighted by Crippen LogP contribution is -2.24. The molecule has 8 nitrogen and oxygen atoms in total. The van der Waals surface area contributed by atoms with Crippen LogP contribution in [0.4, 0.5) is 11.5 Å². The van der Waals surface area contributed by atoms with Crippen molar-refractivity contribution in [2.45, 2.75) is 6.54 Å². The number of nitrogens with zero attached hydrogens (tertiary/aromatic N) is 2. The van der Waals surface area contributed by atoms with Crippen LogP contribution < -0.4 is 24.8 Å². The Morgan fingerprint density at radius 1 is 0.897 bits per heavy atom. The van der Waals surface area contributed by atoms with Gasteiger partial charge >= 0.3 is 0 Å². The van der Waals surface area contributed by atoms with E-state index in [1.54, 1.807) is 51.7 Å². The molecular formula is C21H22N4O4. The zero-order chi connectivity index (χ0) is 20.6. The minimum atomic E-state index is -0.325. The van der Waals surface area contributed by atoms with E-state index in [0.717, 1.165) is 5.56 Å². The SMILES string of the molecule is COc1ccc(OC)c(Nc2ccc(C(=O)NCc3ccccc3OC)nn2)c1. The van der Waals surface area contributed by atoms with Gasteiger partial charge in [0.2, 0.25) is 0 Å². The van der Waals surface area contributed by atoms with Crippen LogP contribution in [0.5, 0.6) is 17.2 Å². The summed E-state index contributed by atoms with van der Waals surface area (Å²) in [5.41, 5.74) is 1.76. The molecule has 0 saturated heterocycles. The summed E-state index contributed by atoms with van der Waals surface area (Å²) in [5, 5.41) is 14.0. The molecule has 0 spiro atoms. The highest BCUT2D eigenvalue weighted by molar-refractivity contribution is 5.92. The molecule has 0 unspecified atom stereocenters. The zero-order valence-electron chi connectivity index (χ0n) is 16.4. The minimum absolute atomic E-state index is 0.211. The third kappa shape index (κ3) is 4.92. The predicted octanol–water partition coefficient (Wildman–Crippen LogP) is 3.18. The van der Waals surface area contributed by atoms with Crippen molar-refractivity contribution in [2.75, 3.05) is 26.6 Å². The lowest BCUT2D eigenvalue weighted by Gasteiger charge is -2.12. The quantitative estimate of drug-likeness (QED) is 0.606. The van der Waals surface area contributed by atoms with Crippen molar-refractivity contribution in [3.8, 4) is 17.2 Å². The summed E-state index contributed by atoms with van der Waals surface area (Å²) in [6, 6.07) is 16.1. The summed E-state index contributed by atoms with van der Waals surface area (Å²) < 4.78 is 15.8. The van der Waals surface area contributed by atoms with Crippen LogP contribution in [0.25, 0.3) is 0 Å². The second-order valence-corrected chi connectivity index (χ2v) is 5.99. The standard InChI is InChI=1S/C21H22N4O4/c1-27-15-8-10-19(29-3)17(12-15)23-20-11-9-16(24-25-20)21(26)22-13-14-6-4-5-7-18(14)28-2/h4-12H,13H2,1-3H3,(H,22,26)(H,23,25). The lowest BCUT2D eigenvalue weighted by atomic mass is 10.2. The van der Waals surface area contributed by atoms with Gasteiger partial charge in [0, 0.05) is 18.2 Å². The summed E-state index contributed by atoms with van der Waals surface area (Å²) >= 11 is 0. The largest absolute Gasteiger partial charge is 0.497 e. The smallest absolute Gasteiger partial charge is 0.272 e. The van der Waals surface area contributed by atoms with Gasteiger partial charge in [-0.2, -0.15) is 0 Å². The molecule has 1 heterocycles. The lowest BCUT2D eigenvalue weighted by molar-refractivity contribution is 0.0944. The predicted molar refractivity (Wildman–Crippen MR) is 109 cm³/mol. The fourth-order valence-corrected chi connectivity index (χ4v) is 2.68. The molecule has 0 bridgehead atoms. The number of hydrogen-bond acceptors (Lipinski definition) is 7. The van der Waals surface area contributed by atoms with E-state index in [1.807, 2.05) is 24.3 Å². The first kappa shape index (κ1) is 19.9. The Balaban J connectivity index is 1.66. The third-order valence-corrected chi connectivity index (χ3v) is 4.20. The van der Waals surface area contributed by atoms with Crippen LogP contribution in [0.1, 0.15) is 16.1 Å². The van der Waals surface area contributed by atoms with E-state index in [0.29, 0.717) is 35.3 Å². The highest BCUT2D eigenvalue weighted by atomic mass is 16.5. The van der Waals surface area contributed by atoms with Gasteiger partial charge in [0.25, 0.3) is 5.91 Å². The van der Waals surface area contributed by atoms with Crippen LogP contribution in [-0.2, 0) is 6.54 Å². The van der Waals surface area contributed by atoms with Gasteiger partial charge in [-0.25, -0.2) is 0 Å². The summed E-state index contributed by atoms with van der Waals surface area (Å²) in [5.74, 6) is 2.16. The van der Waals surface area contributed by atoms with Gasteiger partial charge in [-0.15, -0.1) is 10.2 Å². The Hall–Kier alpha value is -3.81. The Bertz CT molecular complexity index is 977. The Labute approximate surface area is 168 Å². The monoisotopic (exact) mass is 394 g/mol. The fourth-order valence-electron chi connectivity index (χ4n) is 2.68. The van der Waals surface area contributed by atoms with Gasteiger partial charge in [-0.3, -0.25) is 4.79 Å². The molecule has 0 fully saturated rings. The van der Waals surface area contributed by atoms with E-state index < -0.39 is 0 Å². The minimum Gasteiger partial charge on any atom is -0.497 e. The molecule has 29 heavy (non-hydrogen) atoms. The number of hydrogen-bond donors (Lipinski definition) is 2. The van der Waals surface area contributed by atoms with E-state index in [-0.39, 0.29) is 11.6 Å². The van der Waals surface area contributed by atoms with E-state index >= 15 is 0 Å². The molecular weight excluding hydrogens is 372 g/mol. The molecule has 0 radical (unpaired) electrons. The molecule has 8 heteroatoms. The molecule has 1 aromatic heterocycles. The van der Waals surface area contributed by atoms with Gasteiger partial charge in [0.15, 0.2) is 11.5 Å². The van der Waals surface area contributed by atoms with Crippen molar-refractivity contribution in [1.82, 2.24) is 15.5 Å². The first-order chi connectivity index (χ1) is 14.1. The molecule has 0 aliphatic carbocycles. The zero-order valence-corrected chi connectivity index (χ0v) is 16.4. The highest BCUT2D eigenvalue weighted by Gasteiger charge is 2.11. The summed E-state index contributed by atoms with van der Waals surface area (Å²) in [7, 11) is 4.76. The first-order valence-electron chi connectivity index (χ1n) is 8.87. The molecule has 2 aromatic carbocycles. The number of amides is 1. The van der Waals surface area contributed by atoms with Gasteiger partial charge in [-0.05, 0) is 30.3 Å². The van der Waals surface area contributed by atoms with Gasteiger partial charge in [0.05, 0.1) is 27.0 Å². The van der Waals surface area contributed by atoms with E-state index in [1.165, 1.54) is 0 Å². The van der Waals surface area contributed by atoms with Gasteiger partial charge in [-0.1, -0.05) is 18.2 Å². The topological polar surface area (TPSA) is 94.6 Å². The molecule has 0 saturated carbocycles. The van der Waals surface area contributed by atoms with Crippen LogP contribution in [0.15, 0.2) is 54.6 Å². The normalized spacial score (nSPS) is 10.2. The molecule has 1 amide bonds. The van der Waals surface area contributed by atoms with E-state index in [9.17, 15) is 4.79 Å². The molecule has 2 N–H and O–H groups in total. The molecule has 150 valence electrons. The Morgan fingerprint density at radius 3 is 2.38 bits per heavy atom. The number of methoxy groups -OCH3 is 3. The molecule has 3 aromatic rings. The number of nitrogens with one attached hydrogen (secondary N) is 2. The van der Waals surface area contributed by atoms with Crippen LogP contribution in [-0.4, -0.2) is 37.4 Å². The number of aromatic nitrogens is 2. The van der Waals surface area contributed by atoms with E-state index in [2.05, 4.69) is 20.8 Å². The number of para-hydroxylation sites is 1. The van der Waals surface area contributed by atoms with Crippen molar-refractivity contribution in [3.63, 3.8) is 0 Å². The van der Waals surface area contributed by atoms with Crippen molar-refractivity contribution >= 4 is 17.4 Å². The number of carbonyl (C=O) groups excluding carboxylic acids is 1. The summed E-state index contributed by atoms with van der Waals surface area (Å²) in [4.78, 5) is 12.4. The Kier molecular flexibility index (Phi) is 6.47. The van der Waals surface area contributed by atoms with Crippen LogP contribution in [0, 0.1) is 0 Å². The second kappa shape index (κ2) is 9.41. The maximum Gasteiger partial charge on any atom is 0.272 e. The second-order valence-electron chi connectivity index (χ2n) is 5.99. The Morgan fingerprint density at radius 2 is 1.69 bits per heavy atom. The van der Waals surface area contributed by atoms with E-state index in [4.69, 9.17) is 14.2 Å². The number of anilines is 2. The molecule has 0 atom stereocenters. The van der Waals surface area contributed by atoms with Crippen molar-refractivity contribution in [1.29, 1.82) is 0 Å². The van der Waals surface area contributed by atoms with Crippen molar-refractivity contribution < 1.29 is 19.0 Å². The third-order valence-electron chi connectivity index (χ3n) is 4.20. The maximum absolute atomic E-state index is 12.4. The van der Waals surface area contributed by atoms with Crippen LogP contribution >= 0.6 is 0 Å². The highest BCUT2D eigenvalue weighted by Crippen LogP contribution is 2.30. The average molecular weight is 394 g/mol. The molecule has 3 rings (SSSR count). The van der Waals surface area contributed by atoms with Gasteiger partial charge in [0.1, 0.15) is 17.2 Å². The average Bonchev–Trinajstić information content (AvgIpc) is 2.78. The van der Waals surface area contributed by atoms with Gasteiger partial charge < -0.3 is 24.8 Å². The van der Waals surface area contributed by atoms with Crippen molar-refractivity contribution in [2.24, 2.45) is 0 Å². The van der Waals surface area contributed by atoms with Crippen LogP contribution in [0.2, 0.25) is 0 Å². The van der Waals surface area contributed by atoms with Crippen LogP contribution in [0.3, 0.4) is 0 Å². The molecule has 0 aliphatic heterocycles. The number of rotatable bonds is 8. The number of carbonyl (C=O) groups is 1.